The average molecular weight is 564 g/mol. The number of carbonyl (C=O) groups is 1. The number of aliphatic carboxylic acids is 1. The third kappa shape index (κ3) is 7.42. The summed E-state index contributed by atoms with van der Waals surface area (Å²) in [6.07, 6.45) is 7.46. The summed E-state index contributed by atoms with van der Waals surface area (Å²) in [6, 6.07) is 17.1. The Kier molecular flexibility index (Phi) is 9.20. The summed E-state index contributed by atoms with van der Waals surface area (Å²) in [7, 11) is -2.50. The Morgan fingerprint density at radius 2 is 1.77 bits per heavy atom. The fourth-order valence-electron chi connectivity index (χ4n) is 5.40. The summed E-state index contributed by atoms with van der Waals surface area (Å²) in [5, 5.41) is 23.2. The molecule has 0 saturated carbocycles. The molecule has 3 aromatic rings. The first-order valence-electron chi connectivity index (χ1n) is 13.4. The minimum atomic E-state index is -3.94. The number of nitrogens with zero attached hydrogens (tertiary/aromatic N) is 2. The molecule has 0 bridgehead atoms. The quantitative estimate of drug-likeness (QED) is 0.285. The largest absolute Gasteiger partial charge is 0.478 e. The molecule has 0 saturated heterocycles. The molecular formula is C31H37N3O5S. The zero-order valence-corrected chi connectivity index (χ0v) is 23.9. The van der Waals surface area contributed by atoms with Gasteiger partial charge in [-0.25, -0.2) is 13.2 Å². The molecule has 212 valence electrons. The second-order valence-corrected chi connectivity index (χ2v) is 13.2. The van der Waals surface area contributed by atoms with Crippen LogP contribution in [0.4, 0.5) is 0 Å². The van der Waals surface area contributed by atoms with Crippen LogP contribution >= 0.6 is 0 Å². The molecule has 40 heavy (non-hydrogen) atoms. The van der Waals surface area contributed by atoms with Gasteiger partial charge in [-0.1, -0.05) is 48.5 Å². The van der Waals surface area contributed by atoms with Crippen molar-refractivity contribution in [3.05, 3.63) is 89.8 Å². The number of aliphatic hydroxyl groups excluding tert-OH is 1. The average Bonchev–Trinajstić information content (AvgIpc) is 3.32. The van der Waals surface area contributed by atoms with E-state index < -0.39 is 22.1 Å². The molecular weight excluding hydrogens is 526 g/mol. The molecule has 4 rings (SSSR count). The molecule has 0 spiro atoms. The lowest BCUT2D eigenvalue weighted by Crippen LogP contribution is -2.47. The first-order valence-corrected chi connectivity index (χ1v) is 14.8. The summed E-state index contributed by atoms with van der Waals surface area (Å²) in [6.45, 7) is 4.41. The third-order valence-electron chi connectivity index (χ3n) is 7.32. The second kappa shape index (κ2) is 12.4. The van der Waals surface area contributed by atoms with Crippen molar-refractivity contribution in [1.82, 2.24) is 14.6 Å². The van der Waals surface area contributed by atoms with E-state index in [-0.39, 0.29) is 23.5 Å². The van der Waals surface area contributed by atoms with E-state index in [2.05, 4.69) is 48.4 Å². The van der Waals surface area contributed by atoms with Crippen molar-refractivity contribution in [2.75, 3.05) is 20.1 Å². The summed E-state index contributed by atoms with van der Waals surface area (Å²) in [5.41, 5.74) is 4.43. The normalized spacial score (nSPS) is 15.0. The number of pyridine rings is 1. The summed E-state index contributed by atoms with van der Waals surface area (Å²) in [5.74, 6) is -0.545. The van der Waals surface area contributed by atoms with Gasteiger partial charge in [0.05, 0.1) is 6.10 Å². The maximum atomic E-state index is 13.4. The molecule has 8 nitrogen and oxygen atoms in total. The zero-order valence-electron chi connectivity index (χ0n) is 23.1. The molecule has 3 N–H and O–H groups in total. The van der Waals surface area contributed by atoms with E-state index in [0.29, 0.717) is 22.6 Å². The predicted octanol–water partition coefficient (Wildman–Crippen LogP) is 4.00. The van der Waals surface area contributed by atoms with Gasteiger partial charge in [0.15, 0.2) is 0 Å². The molecule has 0 aliphatic heterocycles. The maximum absolute atomic E-state index is 13.4. The van der Waals surface area contributed by atoms with Gasteiger partial charge in [0.2, 0.25) is 10.0 Å². The van der Waals surface area contributed by atoms with Crippen molar-refractivity contribution in [3.8, 4) is 11.1 Å². The number of nitrogens with one attached hydrogen (secondary N) is 1. The Balaban J connectivity index is 1.37. The van der Waals surface area contributed by atoms with Crippen molar-refractivity contribution < 1.29 is 23.4 Å². The van der Waals surface area contributed by atoms with E-state index in [4.69, 9.17) is 5.11 Å². The molecule has 2 aromatic carbocycles. The number of aromatic nitrogens is 1. The Morgan fingerprint density at radius 3 is 2.45 bits per heavy atom. The molecule has 1 unspecified atom stereocenters. The summed E-state index contributed by atoms with van der Waals surface area (Å²) in [4.78, 5) is 15.1. The van der Waals surface area contributed by atoms with Crippen molar-refractivity contribution in [2.45, 2.75) is 49.6 Å². The number of rotatable bonds is 12. The first kappa shape index (κ1) is 29.6. The number of carboxylic acid groups (broad SMARTS) is 1. The van der Waals surface area contributed by atoms with Gasteiger partial charge in [0, 0.05) is 49.7 Å². The Bertz CT molecular complexity index is 1460. The third-order valence-corrected chi connectivity index (χ3v) is 9.11. The standard InChI is InChI=1S/C31H37N3O5S/c1-31(2,17-22-14-24-9-4-5-10-25(24)15-22)33-19-27(35)21-34(3)40(38,39)28-16-26(18-32-20-28)29-11-7-6-8-23(29)12-13-30(36)37/h4-13,16,18,20,22,27,33,35H,14-15,17,19,21H2,1-3H3,(H,36,37). The van der Waals surface area contributed by atoms with Crippen molar-refractivity contribution in [2.24, 2.45) is 5.92 Å². The number of hydrogen-bond donors (Lipinski definition) is 3. The fourth-order valence-corrected chi connectivity index (χ4v) is 6.59. The zero-order chi connectivity index (χ0) is 28.9. The van der Waals surface area contributed by atoms with Crippen LogP contribution in [-0.4, -0.2) is 65.7 Å². The number of likely N-dealkylation sites (N-methyl/N-ethyl adjacent to an activating group) is 1. The highest BCUT2D eigenvalue weighted by Gasteiger charge is 2.29. The van der Waals surface area contributed by atoms with E-state index in [1.807, 2.05) is 0 Å². The van der Waals surface area contributed by atoms with Crippen LogP contribution in [-0.2, 0) is 27.7 Å². The highest BCUT2D eigenvalue weighted by molar-refractivity contribution is 7.89. The fraction of sp³-hybridized carbons (Fsp3) is 0.355. The number of benzene rings is 2. The lowest BCUT2D eigenvalue weighted by Gasteiger charge is -2.31. The SMILES string of the molecule is CN(CC(O)CNC(C)(C)CC1Cc2ccccc2C1)S(=O)(=O)c1cncc(-c2ccccc2C=CC(=O)O)c1. The van der Waals surface area contributed by atoms with E-state index >= 15 is 0 Å². The molecule has 9 heteroatoms. The van der Waals surface area contributed by atoms with Crippen LogP contribution in [0.15, 0.2) is 78.0 Å². The van der Waals surface area contributed by atoms with Crippen LogP contribution in [0, 0.1) is 5.92 Å². The summed E-state index contributed by atoms with van der Waals surface area (Å²) < 4.78 is 27.8. The van der Waals surface area contributed by atoms with Crippen LogP contribution in [0.5, 0.6) is 0 Å². The highest BCUT2D eigenvalue weighted by Crippen LogP contribution is 2.32. The van der Waals surface area contributed by atoms with Crippen LogP contribution in [0.1, 0.15) is 37.0 Å². The van der Waals surface area contributed by atoms with Gasteiger partial charge in [0.25, 0.3) is 0 Å². The van der Waals surface area contributed by atoms with Gasteiger partial charge in [0.1, 0.15) is 4.90 Å². The van der Waals surface area contributed by atoms with E-state index in [9.17, 15) is 18.3 Å². The van der Waals surface area contributed by atoms with Crippen LogP contribution in [0.2, 0.25) is 0 Å². The van der Waals surface area contributed by atoms with Crippen LogP contribution in [0.3, 0.4) is 0 Å². The number of carboxylic acids is 1. The minimum Gasteiger partial charge on any atom is -0.478 e. The summed E-state index contributed by atoms with van der Waals surface area (Å²) >= 11 is 0. The monoisotopic (exact) mass is 563 g/mol. The molecule has 0 radical (unpaired) electrons. The highest BCUT2D eigenvalue weighted by atomic mass is 32.2. The second-order valence-electron chi connectivity index (χ2n) is 11.1. The molecule has 1 atom stereocenters. The van der Waals surface area contributed by atoms with Gasteiger partial charge < -0.3 is 15.5 Å². The number of sulfonamides is 1. The van der Waals surface area contributed by atoms with Gasteiger partial charge >= 0.3 is 5.97 Å². The lowest BCUT2D eigenvalue weighted by molar-refractivity contribution is -0.131. The Morgan fingerprint density at radius 1 is 1.12 bits per heavy atom. The number of aliphatic hydroxyl groups is 1. The minimum absolute atomic E-state index is 0.00851. The topological polar surface area (TPSA) is 120 Å². The van der Waals surface area contributed by atoms with Crippen LogP contribution < -0.4 is 5.32 Å². The van der Waals surface area contributed by atoms with E-state index in [0.717, 1.165) is 29.6 Å². The smallest absolute Gasteiger partial charge is 0.328 e. The molecule has 1 heterocycles. The first-order chi connectivity index (χ1) is 18.9. The van der Waals surface area contributed by atoms with Crippen molar-refractivity contribution >= 4 is 22.1 Å². The maximum Gasteiger partial charge on any atom is 0.328 e. The van der Waals surface area contributed by atoms with Gasteiger partial charge in [-0.3, -0.25) is 4.98 Å². The van der Waals surface area contributed by atoms with Crippen LogP contribution in [0.25, 0.3) is 17.2 Å². The molecule has 1 aromatic heterocycles. The molecule has 0 amide bonds. The Hall–Kier alpha value is -3.37. The van der Waals surface area contributed by atoms with Crippen molar-refractivity contribution in [1.29, 1.82) is 0 Å². The van der Waals surface area contributed by atoms with Gasteiger partial charge in [-0.05, 0) is 73.4 Å². The molecule has 0 fully saturated rings. The van der Waals surface area contributed by atoms with E-state index in [1.165, 1.54) is 42.7 Å². The number of hydrogen-bond acceptors (Lipinski definition) is 6. The lowest BCUT2D eigenvalue weighted by atomic mass is 9.88. The van der Waals surface area contributed by atoms with E-state index in [1.54, 1.807) is 24.3 Å². The predicted molar refractivity (Wildman–Crippen MR) is 156 cm³/mol. The van der Waals surface area contributed by atoms with Gasteiger partial charge in [-0.2, -0.15) is 4.31 Å². The molecule has 1 aliphatic carbocycles. The van der Waals surface area contributed by atoms with Gasteiger partial charge in [-0.15, -0.1) is 0 Å². The molecule has 1 aliphatic rings. The number of β-amino-alcohol motifs (C(OH)–C–C–N with tert-alkyl or cyclic N) is 1. The Labute approximate surface area is 236 Å². The van der Waals surface area contributed by atoms with Crippen molar-refractivity contribution in [3.63, 3.8) is 0 Å². The number of fused-ring (bicyclic) bond motifs is 1.